The second-order valence-corrected chi connectivity index (χ2v) is 16.8. The van der Waals surface area contributed by atoms with Gasteiger partial charge in [0.15, 0.2) is 0 Å². The van der Waals surface area contributed by atoms with Gasteiger partial charge in [0.2, 0.25) is 0 Å². The Hall–Kier alpha value is -3.40. The first-order valence-electron chi connectivity index (χ1n) is 17.1. The third kappa shape index (κ3) is 7.77. The number of benzene rings is 4. The van der Waals surface area contributed by atoms with Crippen molar-refractivity contribution in [2.75, 3.05) is 0 Å². The molecule has 4 N–H and O–H groups in total. The van der Waals surface area contributed by atoms with Gasteiger partial charge in [0.25, 0.3) is 0 Å². The number of rotatable bonds is 6. The van der Waals surface area contributed by atoms with E-state index in [1.54, 1.807) is 27.7 Å². The van der Waals surface area contributed by atoms with Gasteiger partial charge in [-0.25, -0.2) is 0 Å². The molecular weight excluding hydrogens is 807 g/mol. The predicted molar refractivity (Wildman–Crippen MR) is 184 cm³/mol. The number of nitrogens with one attached hydrogen (secondary N) is 4. The van der Waals surface area contributed by atoms with E-state index in [4.69, 9.17) is 0 Å². The summed E-state index contributed by atoms with van der Waals surface area (Å²) in [4.78, 5) is 0. The number of alkyl halides is 12. The van der Waals surface area contributed by atoms with Crippen molar-refractivity contribution in [3.05, 3.63) is 142 Å². The largest absolute Gasteiger partial charge is 1.00 e. The van der Waals surface area contributed by atoms with Crippen LogP contribution in [0.15, 0.2) is 97.1 Å². The molecule has 4 aromatic rings. The smallest absolute Gasteiger partial charge is 0.416 e. The van der Waals surface area contributed by atoms with Crippen LogP contribution in [0.5, 0.6) is 0 Å². The van der Waals surface area contributed by atoms with Crippen LogP contribution in [0.25, 0.3) is 0 Å². The van der Waals surface area contributed by atoms with Gasteiger partial charge in [0.05, 0.1) is 34.3 Å². The van der Waals surface area contributed by atoms with Crippen LogP contribution in [-0.2, 0) is 35.8 Å². The second-order valence-electron chi connectivity index (χ2n) is 14.5. The molecule has 2 aliphatic heterocycles. The molecule has 304 valence electrons. The lowest BCUT2D eigenvalue weighted by atomic mass is 9.74. The van der Waals surface area contributed by atoms with Crippen molar-refractivity contribution >= 4 is 7.87 Å². The van der Waals surface area contributed by atoms with Gasteiger partial charge in [-0.2, -0.15) is 52.7 Å². The molecule has 4 nitrogen and oxygen atoms in total. The van der Waals surface area contributed by atoms with Crippen LogP contribution < -0.4 is 32.8 Å². The summed E-state index contributed by atoms with van der Waals surface area (Å²) in [5, 5.41) is 14.3. The van der Waals surface area contributed by atoms with E-state index in [2.05, 4.69) is 20.3 Å². The number of halogens is 13. The summed E-state index contributed by atoms with van der Waals surface area (Å²) in [7, 11) is -3.39. The number of hydrogen-bond donors (Lipinski definition) is 4. The Labute approximate surface area is 321 Å². The van der Waals surface area contributed by atoms with Gasteiger partial charge in [0.1, 0.15) is 11.1 Å². The molecule has 0 aromatic heterocycles. The topological polar surface area (TPSA) is 48.1 Å². The normalized spacial score (nSPS) is 20.8. The highest BCUT2D eigenvalue weighted by molar-refractivity contribution is 7.69. The fourth-order valence-corrected chi connectivity index (χ4v) is 11.8. The van der Waals surface area contributed by atoms with Gasteiger partial charge in [0, 0.05) is 0 Å². The highest BCUT2D eigenvalue weighted by atomic mass is 35.5. The quantitative estimate of drug-likeness (QED) is 0.117. The van der Waals surface area contributed by atoms with E-state index in [1.807, 2.05) is 0 Å². The maximum atomic E-state index is 13.7. The fourth-order valence-electron chi connectivity index (χ4n) is 7.77. The summed E-state index contributed by atoms with van der Waals surface area (Å²) in [6, 6.07) is 15.3. The van der Waals surface area contributed by atoms with E-state index in [-0.39, 0.29) is 46.5 Å². The summed E-state index contributed by atoms with van der Waals surface area (Å²) in [6.45, 7) is 7.22. The van der Waals surface area contributed by atoms with Crippen molar-refractivity contribution in [3.63, 3.8) is 0 Å². The summed E-state index contributed by atoms with van der Waals surface area (Å²) in [6.07, 6.45) is -18.8. The van der Waals surface area contributed by atoms with Gasteiger partial charge in [-0.15, -0.1) is 20.3 Å². The van der Waals surface area contributed by atoms with Crippen LogP contribution in [0.2, 0.25) is 0 Å². The Morgan fingerprint density at radius 3 is 0.768 bits per heavy atom. The van der Waals surface area contributed by atoms with Crippen molar-refractivity contribution in [1.82, 2.24) is 20.3 Å². The van der Waals surface area contributed by atoms with Gasteiger partial charge in [-0.05, 0) is 82.6 Å². The molecule has 6 rings (SSSR count). The molecular formula is C38H36ClF12N4P. The lowest BCUT2D eigenvalue weighted by molar-refractivity contribution is -0.138. The Balaban J connectivity index is 0.00000600. The van der Waals surface area contributed by atoms with Gasteiger partial charge < -0.3 is 12.4 Å². The summed E-state index contributed by atoms with van der Waals surface area (Å²) >= 11 is 0. The molecule has 0 bridgehead atoms. The zero-order valence-corrected chi connectivity index (χ0v) is 31.6. The minimum absolute atomic E-state index is 0. The summed E-state index contributed by atoms with van der Waals surface area (Å²) in [5.41, 5.74) is -5.88. The zero-order chi connectivity index (χ0) is 40.6. The van der Waals surface area contributed by atoms with Gasteiger partial charge >= 0.3 is 32.6 Å². The molecule has 0 radical (unpaired) electrons. The van der Waals surface area contributed by atoms with Crippen LogP contribution in [0.1, 0.15) is 72.2 Å². The lowest BCUT2D eigenvalue weighted by Crippen LogP contribution is -3.00. The third-order valence-corrected chi connectivity index (χ3v) is 13.0. The molecule has 2 heterocycles. The first-order chi connectivity index (χ1) is 25.3. The average Bonchev–Trinajstić information content (AvgIpc) is 3.63. The first-order valence-corrected chi connectivity index (χ1v) is 18.9. The van der Waals surface area contributed by atoms with E-state index in [9.17, 15) is 52.7 Å². The van der Waals surface area contributed by atoms with Crippen molar-refractivity contribution < 1.29 is 65.1 Å². The van der Waals surface area contributed by atoms with E-state index < -0.39 is 78.0 Å². The van der Waals surface area contributed by atoms with Crippen LogP contribution >= 0.6 is 7.87 Å². The Morgan fingerprint density at radius 1 is 0.411 bits per heavy atom. The van der Waals surface area contributed by atoms with Crippen molar-refractivity contribution in [3.8, 4) is 0 Å². The average molecular weight is 843 g/mol. The van der Waals surface area contributed by atoms with Gasteiger partial charge in [-0.1, -0.05) is 76.2 Å². The van der Waals surface area contributed by atoms with Crippen LogP contribution in [-0.4, -0.2) is 12.1 Å². The van der Waals surface area contributed by atoms with Crippen molar-refractivity contribution in [2.45, 2.75) is 75.6 Å². The van der Waals surface area contributed by atoms with E-state index >= 15 is 0 Å². The molecule has 0 saturated carbocycles. The lowest BCUT2D eigenvalue weighted by Gasteiger charge is -2.36. The monoisotopic (exact) mass is 842 g/mol. The SMILES string of the molecule is CC(C)[C@@H]1N[P+]2(N[C@@H](C(C)C)C(c3ccc(C(F)(F)F)cc3)(c3ccc(C(F)(F)F)cc3)N2)NC1(c1ccc(C(F)(F)F)cc1)c1ccc(C(F)(F)F)cc1.[Cl-]. The van der Waals surface area contributed by atoms with E-state index in [1.165, 1.54) is 48.5 Å². The second kappa shape index (κ2) is 14.8. The molecule has 18 heteroatoms. The van der Waals surface area contributed by atoms with Crippen LogP contribution in [0.3, 0.4) is 0 Å². The fraction of sp³-hybridized carbons (Fsp3) is 0.368. The Kier molecular flexibility index (Phi) is 11.5. The molecule has 2 aliphatic rings. The van der Waals surface area contributed by atoms with Crippen LogP contribution in [0.4, 0.5) is 52.7 Å². The molecule has 0 aliphatic carbocycles. The van der Waals surface area contributed by atoms with Crippen LogP contribution in [0, 0.1) is 11.8 Å². The maximum absolute atomic E-state index is 13.7. The minimum Gasteiger partial charge on any atom is -1.00 e. The highest BCUT2D eigenvalue weighted by Gasteiger charge is 2.72. The molecule has 2 fully saturated rings. The molecule has 56 heavy (non-hydrogen) atoms. The van der Waals surface area contributed by atoms with Crippen molar-refractivity contribution in [1.29, 1.82) is 0 Å². The molecule has 1 spiro atoms. The first kappa shape index (κ1) is 43.7. The van der Waals surface area contributed by atoms with E-state index in [0.717, 1.165) is 48.5 Å². The van der Waals surface area contributed by atoms with Gasteiger partial charge in [-0.3, -0.25) is 0 Å². The predicted octanol–water partition coefficient (Wildman–Crippen LogP) is 8.07. The summed E-state index contributed by atoms with van der Waals surface area (Å²) < 4.78 is 165. The number of hydrogen-bond acceptors (Lipinski definition) is 4. The standard InChI is InChI=1S/C38H36F12N4P.ClH/c1-21(2)31-33(23-5-13-27(14-6-23)35(39,40)41,24-7-15-28(16-8-24)36(42,43)44)53-55(51-31)52-32(22(3)4)34(54-55,25-9-17-29(18-10-25)37(45,46)47)26-11-19-30(20-12-26)38(48,49)50;/h5-22,31-32,51-54H,1-4H3;1H/q+1;/p-1/t31-,32-,55?;/m0./s1. The highest BCUT2D eigenvalue weighted by Crippen LogP contribution is 2.65. The summed E-state index contributed by atoms with van der Waals surface area (Å²) in [5.74, 6) is -0.741. The minimum atomic E-state index is -4.70. The molecule has 4 aromatic carbocycles. The third-order valence-electron chi connectivity index (χ3n) is 10.3. The zero-order valence-electron chi connectivity index (χ0n) is 29.9. The van der Waals surface area contributed by atoms with E-state index in [0.29, 0.717) is 0 Å². The Bertz CT molecular complexity index is 1720. The molecule has 0 unspecified atom stereocenters. The molecule has 2 atom stereocenters. The maximum Gasteiger partial charge on any atom is 0.416 e. The molecule has 0 amide bonds. The molecule has 2 saturated heterocycles. The Morgan fingerprint density at radius 2 is 0.607 bits per heavy atom. The van der Waals surface area contributed by atoms with Crippen molar-refractivity contribution in [2.24, 2.45) is 11.8 Å².